The summed E-state index contributed by atoms with van der Waals surface area (Å²) < 4.78 is 66.4. The van der Waals surface area contributed by atoms with E-state index in [-0.39, 0.29) is 28.9 Å². The van der Waals surface area contributed by atoms with Crippen LogP contribution < -0.4 is 18.9 Å². The molecule has 3 heterocycles. The van der Waals surface area contributed by atoms with E-state index in [1.54, 1.807) is 38.5 Å². The van der Waals surface area contributed by atoms with Crippen LogP contribution in [-0.2, 0) is 6.18 Å². The maximum Gasteiger partial charge on any atom is 0.433 e. The molecule has 0 saturated heterocycles. The summed E-state index contributed by atoms with van der Waals surface area (Å²) in [6.45, 7) is 4.08. The van der Waals surface area contributed by atoms with Crippen LogP contribution in [0.2, 0.25) is 0 Å². The molecule has 0 spiro atoms. The molecular formula is C41H40F3N5O5. The maximum absolute atomic E-state index is 14.6. The molecule has 0 radical (unpaired) electrons. The van der Waals surface area contributed by atoms with E-state index in [9.17, 15) is 18.0 Å². The maximum atomic E-state index is 14.6. The number of hydrogen-bond donors (Lipinski definition) is 0. The Kier molecular flexibility index (Phi) is 9.82. The van der Waals surface area contributed by atoms with Gasteiger partial charge in [-0.3, -0.25) is 4.79 Å². The number of carbonyl (C=O) groups excluding carboxylic acids is 1. The topological polar surface area (TPSA) is 99.8 Å². The number of fused-ring (bicyclic) bond motifs is 2. The number of carbonyl (C=O) groups is 1. The molecule has 0 N–H and O–H groups in total. The van der Waals surface area contributed by atoms with E-state index in [0.717, 1.165) is 41.2 Å². The Morgan fingerprint density at radius 1 is 0.852 bits per heavy atom. The van der Waals surface area contributed by atoms with Crippen LogP contribution in [0, 0.1) is 5.92 Å². The van der Waals surface area contributed by atoms with Crippen molar-refractivity contribution < 1.29 is 36.9 Å². The van der Waals surface area contributed by atoms with Gasteiger partial charge in [-0.15, -0.1) is 0 Å². The first-order valence-corrected chi connectivity index (χ1v) is 17.6. The number of hydrazone groups is 1. The molecule has 0 bridgehead atoms. The van der Waals surface area contributed by atoms with Gasteiger partial charge in [0, 0.05) is 17.5 Å². The van der Waals surface area contributed by atoms with Crippen LogP contribution in [0.4, 0.5) is 13.2 Å². The molecule has 280 valence electrons. The fourth-order valence-corrected chi connectivity index (χ4v) is 7.27. The molecule has 54 heavy (non-hydrogen) atoms. The molecule has 10 nitrogen and oxygen atoms in total. The number of benzene rings is 3. The number of methoxy groups -OCH3 is 4. The summed E-state index contributed by atoms with van der Waals surface area (Å²) in [7, 11) is 6.21. The third-order valence-corrected chi connectivity index (χ3v) is 10.0. The molecule has 0 unspecified atom stereocenters. The van der Waals surface area contributed by atoms with Crippen molar-refractivity contribution in [1.29, 1.82) is 0 Å². The monoisotopic (exact) mass is 739 g/mol. The number of nitrogens with zero attached hydrogens (tertiary/aromatic N) is 5. The summed E-state index contributed by atoms with van der Waals surface area (Å²) in [4.78, 5) is 19.1. The summed E-state index contributed by atoms with van der Waals surface area (Å²) in [6, 6.07) is 19.9. The Hall–Kier alpha value is -5.85. The highest BCUT2D eigenvalue weighted by Gasteiger charge is 2.45. The fraction of sp³-hybridized carbons (Fsp3) is 0.317. The summed E-state index contributed by atoms with van der Waals surface area (Å²) in [6.07, 6.45) is -0.517. The Bertz CT molecular complexity index is 2280. The minimum absolute atomic E-state index is 0.114. The zero-order valence-electron chi connectivity index (χ0n) is 30.8. The predicted octanol–water partition coefficient (Wildman–Crippen LogP) is 9.01. The van der Waals surface area contributed by atoms with Crippen molar-refractivity contribution in [3.05, 3.63) is 106 Å². The zero-order valence-corrected chi connectivity index (χ0v) is 30.8. The number of rotatable bonds is 9. The van der Waals surface area contributed by atoms with Crippen LogP contribution in [0.5, 0.6) is 23.0 Å². The number of alkyl halides is 3. The quantitative estimate of drug-likeness (QED) is 0.149. The molecule has 1 amide bonds. The van der Waals surface area contributed by atoms with Crippen LogP contribution >= 0.6 is 0 Å². The molecular weight excluding hydrogens is 699 g/mol. The third-order valence-electron chi connectivity index (χ3n) is 10.0. The average molecular weight is 740 g/mol. The van der Waals surface area contributed by atoms with E-state index in [1.807, 2.05) is 56.3 Å². The molecule has 3 aromatic carbocycles. The first kappa shape index (κ1) is 36.5. The normalized spacial score (nSPS) is 17.9. The SMILES string of the molecule is COc1ccc(/C=C2\CCC[C@H]3C2=NN(C(=O)c2cc4nc(-c5ccc(C(C)C)cc5)cc(C(F)(F)F)n4n2)[C@H]3c2ccc(OC)c(OC)c2)cc1OC. The van der Waals surface area contributed by atoms with Crippen LogP contribution in [0.1, 0.15) is 77.9 Å². The molecule has 13 heteroatoms. The Balaban J connectivity index is 1.34. The molecule has 1 aliphatic carbocycles. The number of aromatic nitrogens is 3. The molecule has 1 saturated carbocycles. The number of ether oxygens (including phenoxy) is 4. The van der Waals surface area contributed by atoms with E-state index in [4.69, 9.17) is 24.0 Å². The number of amides is 1. The second-order valence-electron chi connectivity index (χ2n) is 13.6. The lowest BCUT2D eigenvalue weighted by atomic mass is 9.77. The molecule has 1 fully saturated rings. The van der Waals surface area contributed by atoms with Crippen LogP contribution in [0.3, 0.4) is 0 Å². The minimum atomic E-state index is -4.78. The lowest BCUT2D eigenvalue weighted by molar-refractivity contribution is -0.142. The molecule has 2 aliphatic rings. The van der Waals surface area contributed by atoms with Gasteiger partial charge in [0.1, 0.15) is 0 Å². The standard InChI is InChI=1S/C41H40F3N5O5/c1-23(2)25-11-13-26(14-12-25)30-21-36(41(42,43)44)48-37(45-30)22-31(46-48)40(50)49-39(28-15-17-33(52-4)35(20-28)54-6)29-9-7-8-27(38(29)47-49)18-24-10-16-32(51-3)34(19-24)53-5/h10-23,29,39H,7-9H2,1-6H3/b27-18+/t29-,39-/m0/s1. The lowest BCUT2D eigenvalue weighted by Gasteiger charge is -2.29. The van der Waals surface area contributed by atoms with E-state index < -0.39 is 23.8 Å². The average Bonchev–Trinajstić information content (AvgIpc) is 3.79. The van der Waals surface area contributed by atoms with Crippen molar-refractivity contribution in [2.24, 2.45) is 11.0 Å². The number of halogens is 3. The fourth-order valence-electron chi connectivity index (χ4n) is 7.27. The second kappa shape index (κ2) is 14.5. The first-order chi connectivity index (χ1) is 25.9. The van der Waals surface area contributed by atoms with Gasteiger partial charge < -0.3 is 18.9 Å². The largest absolute Gasteiger partial charge is 0.493 e. The van der Waals surface area contributed by atoms with Gasteiger partial charge in [-0.2, -0.15) is 23.4 Å². The summed E-state index contributed by atoms with van der Waals surface area (Å²) in [5.74, 6) is 1.50. The van der Waals surface area contributed by atoms with Crippen LogP contribution in [0.15, 0.2) is 83.5 Å². The highest BCUT2D eigenvalue weighted by atomic mass is 19.4. The van der Waals surface area contributed by atoms with Gasteiger partial charge in [0.25, 0.3) is 5.91 Å². The predicted molar refractivity (Wildman–Crippen MR) is 198 cm³/mol. The molecule has 7 rings (SSSR count). The van der Waals surface area contributed by atoms with Gasteiger partial charge in [0.05, 0.1) is 45.9 Å². The van der Waals surface area contributed by atoms with E-state index >= 15 is 0 Å². The minimum Gasteiger partial charge on any atom is -0.493 e. The Morgan fingerprint density at radius 3 is 2.17 bits per heavy atom. The highest BCUT2D eigenvalue weighted by molar-refractivity contribution is 6.09. The Morgan fingerprint density at radius 2 is 1.52 bits per heavy atom. The van der Waals surface area contributed by atoms with Crippen molar-refractivity contribution in [2.45, 2.75) is 51.2 Å². The smallest absolute Gasteiger partial charge is 0.433 e. The van der Waals surface area contributed by atoms with Crippen molar-refractivity contribution in [2.75, 3.05) is 28.4 Å². The van der Waals surface area contributed by atoms with Gasteiger partial charge in [-0.05, 0) is 83.9 Å². The van der Waals surface area contributed by atoms with Gasteiger partial charge in [-0.1, -0.05) is 50.2 Å². The van der Waals surface area contributed by atoms with Crippen molar-refractivity contribution in [3.63, 3.8) is 0 Å². The molecule has 5 aromatic rings. The molecule has 2 atom stereocenters. The summed E-state index contributed by atoms with van der Waals surface area (Å²) in [5, 5.41) is 10.5. The van der Waals surface area contributed by atoms with Gasteiger partial charge in [0.2, 0.25) is 0 Å². The van der Waals surface area contributed by atoms with E-state index in [0.29, 0.717) is 45.2 Å². The molecule has 1 aliphatic heterocycles. The van der Waals surface area contributed by atoms with Gasteiger partial charge in [0.15, 0.2) is 40.0 Å². The summed E-state index contributed by atoms with van der Waals surface area (Å²) >= 11 is 0. The van der Waals surface area contributed by atoms with Gasteiger partial charge in [-0.25, -0.2) is 14.5 Å². The summed E-state index contributed by atoms with van der Waals surface area (Å²) in [5.41, 5.74) is 3.53. The van der Waals surface area contributed by atoms with Crippen molar-refractivity contribution >= 4 is 23.3 Å². The highest BCUT2D eigenvalue weighted by Crippen LogP contribution is 2.47. The van der Waals surface area contributed by atoms with E-state index in [2.05, 4.69) is 10.1 Å². The third kappa shape index (κ3) is 6.74. The zero-order chi connectivity index (χ0) is 38.3. The number of allylic oxidation sites excluding steroid dienone is 1. The van der Waals surface area contributed by atoms with Crippen LogP contribution in [0.25, 0.3) is 23.0 Å². The Labute approximate surface area is 310 Å². The lowest BCUT2D eigenvalue weighted by Crippen LogP contribution is -2.32. The van der Waals surface area contributed by atoms with E-state index in [1.165, 1.54) is 25.3 Å². The molecule has 2 aromatic heterocycles. The van der Waals surface area contributed by atoms with Crippen molar-refractivity contribution in [3.8, 4) is 34.3 Å². The first-order valence-electron chi connectivity index (χ1n) is 17.6. The second-order valence-corrected chi connectivity index (χ2v) is 13.6. The van der Waals surface area contributed by atoms with Crippen LogP contribution in [-0.4, -0.2) is 59.7 Å². The van der Waals surface area contributed by atoms with Crippen molar-refractivity contribution in [1.82, 2.24) is 19.6 Å². The van der Waals surface area contributed by atoms with Gasteiger partial charge >= 0.3 is 6.18 Å². The number of hydrogen-bond acceptors (Lipinski definition) is 8.